The van der Waals surface area contributed by atoms with Crippen molar-refractivity contribution in [2.24, 2.45) is 0 Å². The molecule has 0 radical (unpaired) electrons. The molecule has 16 heavy (non-hydrogen) atoms. The first-order valence-corrected chi connectivity index (χ1v) is 5.32. The lowest BCUT2D eigenvalue weighted by atomic mass is 10.1. The Hall–Kier alpha value is -1.77. The zero-order valence-corrected chi connectivity index (χ0v) is 9.79. The van der Waals surface area contributed by atoms with Gasteiger partial charge < -0.3 is 11.1 Å². The number of nitrogens with two attached hydrogens (primary N) is 1. The summed E-state index contributed by atoms with van der Waals surface area (Å²) in [4.78, 5) is 11.9. The smallest absolute Gasteiger partial charge is 0.253 e. The molecule has 0 aliphatic rings. The highest BCUT2D eigenvalue weighted by molar-refractivity contribution is 5.99. The maximum atomic E-state index is 11.9. The Morgan fingerprint density at radius 3 is 2.94 bits per heavy atom. The molecular weight excluding hydrogens is 200 g/mol. The SMILES string of the molecule is C=CCC(C)NC(=O)c1cc(C)ccc1N. The van der Waals surface area contributed by atoms with Crippen LogP contribution < -0.4 is 11.1 Å². The number of hydrogen-bond donors (Lipinski definition) is 2. The molecule has 1 atom stereocenters. The fourth-order valence-electron chi connectivity index (χ4n) is 1.48. The van der Waals surface area contributed by atoms with Crippen molar-refractivity contribution in [3.63, 3.8) is 0 Å². The van der Waals surface area contributed by atoms with E-state index in [4.69, 9.17) is 5.73 Å². The van der Waals surface area contributed by atoms with Crippen LogP contribution in [0.15, 0.2) is 30.9 Å². The third-order valence-corrected chi connectivity index (χ3v) is 2.35. The summed E-state index contributed by atoms with van der Waals surface area (Å²) in [6.45, 7) is 7.51. The number of carbonyl (C=O) groups excluding carboxylic acids is 1. The number of rotatable bonds is 4. The number of anilines is 1. The monoisotopic (exact) mass is 218 g/mol. The van der Waals surface area contributed by atoms with Crippen LogP contribution in [-0.2, 0) is 0 Å². The van der Waals surface area contributed by atoms with Crippen LogP contribution in [0.4, 0.5) is 5.69 Å². The van der Waals surface area contributed by atoms with Gasteiger partial charge in [0.1, 0.15) is 0 Å². The Balaban J connectivity index is 2.80. The molecule has 3 N–H and O–H groups in total. The largest absolute Gasteiger partial charge is 0.398 e. The van der Waals surface area contributed by atoms with Gasteiger partial charge in [0.05, 0.1) is 5.56 Å². The van der Waals surface area contributed by atoms with Crippen LogP contribution in [-0.4, -0.2) is 11.9 Å². The standard InChI is InChI=1S/C13H18N2O/c1-4-5-10(3)15-13(16)11-8-9(2)6-7-12(11)14/h4,6-8,10H,1,5,14H2,2-3H3,(H,15,16). The summed E-state index contributed by atoms with van der Waals surface area (Å²) in [5.41, 5.74) is 7.83. The van der Waals surface area contributed by atoms with Crippen molar-refractivity contribution in [1.29, 1.82) is 0 Å². The molecule has 86 valence electrons. The maximum absolute atomic E-state index is 11.9. The van der Waals surface area contributed by atoms with E-state index < -0.39 is 0 Å². The highest BCUT2D eigenvalue weighted by Gasteiger charge is 2.11. The van der Waals surface area contributed by atoms with Crippen LogP contribution >= 0.6 is 0 Å². The van der Waals surface area contributed by atoms with Gasteiger partial charge >= 0.3 is 0 Å². The first kappa shape index (κ1) is 12.3. The molecule has 0 aromatic heterocycles. The predicted octanol–water partition coefficient (Wildman–Crippen LogP) is 2.27. The molecule has 1 rings (SSSR count). The van der Waals surface area contributed by atoms with Crippen molar-refractivity contribution in [2.75, 3.05) is 5.73 Å². The van der Waals surface area contributed by atoms with E-state index in [1.807, 2.05) is 19.9 Å². The lowest BCUT2D eigenvalue weighted by molar-refractivity contribution is 0.0941. The number of amides is 1. The normalized spacial score (nSPS) is 11.9. The third kappa shape index (κ3) is 3.12. The minimum absolute atomic E-state index is 0.0740. The van der Waals surface area contributed by atoms with Gasteiger partial charge in [0.25, 0.3) is 5.91 Å². The fourth-order valence-corrected chi connectivity index (χ4v) is 1.48. The molecule has 0 saturated heterocycles. The molecular formula is C13H18N2O. The highest BCUT2D eigenvalue weighted by atomic mass is 16.1. The Morgan fingerprint density at radius 1 is 1.62 bits per heavy atom. The van der Waals surface area contributed by atoms with Crippen LogP contribution in [0.2, 0.25) is 0 Å². The van der Waals surface area contributed by atoms with Crippen molar-refractivity contribution in [1.82, 2.24) is 5.32 Å². The fraction of sp³-hybridized carbons (Fsp3) is 0.308. The number of aryl methyl sites for hydroxylation is 1. The van der Waals surface area contributed by atoms with Crippen LogP contribution in [0.25, 0.3) is 0 Å². The quantitative estimate of drug-likeness (QED) is 0.601. The van der Waals surface area contributed by atoms with Gasteiger partial charge in [-0.05, 0) is 32.4 Å². The van der Waals surface area contributed by atoms with Crippen molar-refractivity contribution in [3.05, 3.63) is 42.0 Å². The van der Waals surface area contributed by atoms with Gasteiger partial charge in [0.15, 0.2) is 0 Å². The minimum atomic E-state index is -0.129. The number of nitrogen functional groups attached to an aromatic ring is 1. The Labute approximate surface area is 96.3 Å². The first-order valence-electron chi connectivity index (χ1n) is 5.32. The van der Waals surface area contributed by atoms with Gasteiger partial charge in [0, 0.05) is 11.7 Å². The molecule has 3 nitrogen and oxygen atoms in total. The zero-order chi connectivity index (χ0) is 12.1. The second-order valence-corrected chi connectivity index (χ2v) is 3.99. The summed E-state index contributed by atoms with van der Waals surface area (Å²) in [5, 5.41) is 2.87. The maximum Gasteiger partial charge on any atom is 0.253 e. The Morgan fingerprint density at radius 2 is 2.31 bits per heavy atom. The van der Waals surface area contributed by atoms with Gasteiger partial charge in [-0.25, -0.2) is 0 Å². The summed E-state index contributed by atoms with van der Waals surface area (Å²) in [6.07, 6.45) is 2.53. The second kappa shape index (κ2) is 5.35. The lowest BCUT2D eigenvalue weighted by Crippen LogP contribution is -2.32. The van der Waals surface area contributed by atoms with Crippen LogP contribution in [0.1, 0.15) is 29.3 Å². The molecule has 0 saturated carbocycles. The van der Waals surface area contributed by atoms with Gasteiger partial charge in [0.2, 0.25) is 0 Å². The van der Waals surface area contributed by atoms with E-state index in [0.717, 1.165) is 12.0 Å². The van der Waals surface area contributed by atoms with Crippen molar-refractivity contribution < 1.29 is 4.79 Å². The van der Waals surface area contributed by atoms with Crippen LogP contribution in [0.3, 0.4) is 0 Å². The van der Waals surface area contributed by atoms with Gasteiger partial charge in [-0.3, -0.25) is 4.79 Å². The first-order chi connectivity index (χ1) is 7.54. The van der Waals surface area contributed by atoms with E-state index in [0.29, 0.717) is 11.3 Å². The molecule has 3 heteroatoms. The average molecular weight is 218 g/mol. The highest BCUT2D eigenvalue weighted by Crippen LogP contribution is 2.13. The summed E-state index contributed by atoms with van der Waals surface area (Å²) in [7, 11) is 0. The summed E-state index contributed by atoms with van der Waals surface area (Å²) in [5.74, 6) is -0.129. The van der Waals surface area contributed by atoms with Crippen molar-refractivity contribution >= 4 is 11.6 Å². The Kier molecular flexibility index (Phi) is 4.11. The summed E-state index contributed by atoms with van der Waals surface area (Å²) in [6, 6.07) is 5.51. The molecule has 1 aromatic rings. The molecule has 0 bridgehead atoms. The van der Waals surface area contributed by atoms with E-state index in [1.54, 1.807) is 18.2 Å². The van der Waals surface area contributed by atoms with Crippen molar-refractivity contribution in [3.8, 4) is 0 Å². The molecule has 1 amide bonds. The molecule has 0 aliphatic heterocycles. The minimum Gasteiger partial charge on any atom is -0.398 e. The molecule has 1 aromatic carbocycles. The average Bonchev–Trinajstić information content (AvgIpc) is 2.21. The van der Waals surface area contributed by atoms with E-state index in [-0.39, 0.29) is 11.9 Å². The molecule has 0 heterocycles. The predicted molar refractivity (Wildman–Crippen MR) is 67.3 cm³/mol. The summed E-state index contributed by atoms with van der Waals surface area (Å²) >= 11 is 0. The van der Waals surface area contributed by atoms with E-state index in [9.17, 15) is 4.79 Å². The van der Waals surface area contributed by atoms with E-state index in [2.05, 4.69) is 11.9 Å². The third-order valence-electron chi connectivity index (χ3n) is 2.35. The molecule has 0 fully saturated rings. The molecule has 0 aliphatic carbocycles. The van der Waals surface area contributed by atoms with Gasteiger partial charge in [-0.2, -0.15) is 0 Å². The topological polar surface area (TPSA) is 55.1 Å². The number of hydrogen-bond acceptors (Lipinski definition) is 2. The Bertz CT molecular complexity index is 399. The van der Waals surface area contributed by atoms with Crippen LogP contribution in [0.5, 0.6) is 0 Å². The lowest BCUT2D eigenvalue weighted by Gasteiger charge is -2.13. The number of benzene rings is 1. The second-order valence-electron chi connectivity index (χ2n) is 3.99. The summed E-state index contributed by atoms with van der Waals surface area (Å²) < 4.78 is 0. The van der Waals surface area contributed by atoms with Gasteiger partial charge in [-0.15, -0.1) is 6.58 Å². The zero-order valence-electron chi connectivity index (χ0n) is 9.79. The van der Waals surface area contributed by atoms with E-state index >= 15 is 0 Å². The van der Waals surface area contributed by atoms with Gasteiger partial charge in [-0.1, -0.05) is 17.7 Å². The molecule has 0 spiro atoms. The van der Waals surface area contributed by atoms with Crippen LogP contribution in [0, 0.1) is 6.92 Å². The number of carbonyl (C=O) groups is 1. The number of nitrogens with one attached hydrogen (secondary N) is 1. The van der Waals surface area contributed by atoms with Crippen molar-refractivity contribution in [2.45, 2.75) is 26.3 Å². The molecule has 1 unspecified atom stereocenters. The van der Waals surface area contributed by atoms with E-state index in [1.165, 1.54) is 0 Å².